The molecule has 3 fully saturated rings. The van der Waals surface area contributed by atoms with Gasteiger partial charge in [0.05, 0.1) is 11.5 Å². The number of carbonyl (C=O) groups excluding carboxylic acids is 1. The summed E-state index contributed by atoms with van der Waals surface area (Å²) in [6.07, 6.45) is 9.87. The molecule has 2 aromatic rings. The van der Waals surface area contributed by atoms with Crippen LogP contribution < -0.4 is 10.1 Å². The lowest BCUT2D eigenvalue weighted by Crippen LogP contribution is -2.81. The van der Waals surface area contributed by atoms with E-state index in [2.05, 4.69) is 22.4 Å². The van der Waals surface area contributed by atoms with Crippen molar-refractivity contribution in [1.29, 1.82) is 0 Å². The number of amides is 1. The number of benzene rings is 2. The van der Waals surface area contributed by atoms with Crippen molar-refractivity contribution in [3.05, 3.63) is 71.3 Å². The highest BCUT2D eigenvalue weighted by Crippen LogP contribution is 2.73. The highest BCUT2D eigenvalue weighted by atomic mass is 16.5. The van der Waals surface area contributed by atoms with Crippen molar-refractivity contribution in [2.24, 2.45) is 11.3 Å². The smallest absolute Gasteiger partial charge is 0.220 e. The molecule has 0 radical (unpaired) electrons. The van der Waals surface area contributed by atoms with Crippen LogP contribution in [-0.4, -0.2) is 57.9 Å². The average molecular weight is 499 g/mol. The maximum atomic E-state index is 13.2. The monoisotopic (exact) mass is 498 g/mol. The summed E-state index contributed by atoms with van der Waals surface area (Å²) >= 11 is 0. The molecule has 3 N–H and O–H groups in total. The summed E-state index contributed by atoms with van der Waals surface area (Å²) in [6, 6.07) is 13.7. The summed E-state index contributed by atoms with van der Waals surface area (Å²) < 4.78 is 6.59. The summed E-state index contributed by atoms with van der Waals surface area (Å²) in [5.41, 5.74) is 1.55. The third kappa shape index (κ3) is 2.81. The lowest BCUT2D eigenvalue weighted by atomic mass is 9.38. The first-order valence-corrected chi connectivity index (χ1v) is 14.0. The fraction of sp³-hybridized carbons (Fsp3) is 0.516. The van der Waals surface area contributed by atoms with Gasteiger partial charge in [0.15, 0.2) is 11.5 Å². The highest BCUT2D eigenvalue weighted by Gasteiger charge is 2.79. The Kier molecular flexibility index (Phi) is 4.43. The van der Waals surface area contributed by atoms with E-state index < -0.39 is 17.7 Å². The first-order chi connectivity index (χ1) is 17.9. The number of carbonyl (C=O) groups is 1. The van der Waals surface area contributed by atoms with Crippen molar-refractivity contribution >= 4 is 5.91 Å². The van der Waals surface area contributed by atoms with E-state index in [1.165, 1.54) is 18.4 Å². The van der Waals surface area contributed by atoms with Gasteiger partial charge in [0.1, 0.15) is 11.7 Å². The van der Waals surface area contributed by atoms with Crippen molar-refractivity contribution in [2.45, 2.75) is 74.1 Å². The molecule has 9 rings (SSSR count). The number of rotatable bonds is 6. The van der Waals surface area contributed by atoms with Gasteiger partial charge in [0.2, 0.25) is 5.91 Å². The second-order valence-corrected chi connectivity index (χ2v) is 12.4. The minimum absolute atomic E-state index is 0.0384. The molecule has 2 spiro atoms. The van der Waals surface area contributed by atoms with Gasteiger partial charge >= 0.3 is 0 Å². The predicted molar refractivity (Wildman–Crippen MR) is 138 cm³/mol. The molecule has 0 unspecified atom stereocenters. The molecular weight excluding hydrogens is 464 g/mol. The average Bonchev–Trinajstić information content (AvgIpc) is 3.64. The van der Waals surface area contributed by atoms with Crippen LogP contribution in [0.5, 0.6) is 11.5 Å². The van der Waals surface area contributed by atoms with Crippen LogP contribution in [0.2, 0.25) is 0 Å². The Morgan fingerprint density at radius 1 is 1.14 bits per heavy atom. The van der Waals surface area contributed by atoms with Crippen LogP contribution in [-0.2, 0) is 23.1 Å². The van der Waals surface area contributed by atoms with Crippen molar-refractivity contribution in [1.82, 2.24) is 10.2 Å². The second-order valence-electron chi connectivity index (χ2n) is 12.4. The lowest BCUT2D eigenvalue weighted by Gasteiger charge is -2.70. The molecule has 5 aliphatic carbocycles. The SMILES string of the molecule is O=C(CCc1ccccc1)N[C@H]1C[C@@]23C=C[C@@]1(O)[C@@H]1Oc4c(O)ccc5c4[C@@]12CCN(CC1CC1)[C@@H]3C5. The van der Waals surface area contributed by atoms with Crippen LogP contribution in [0.25, 0.3) is 0 Å². The van der Waals surface area contributed by atoms with Gasteiger partial charge in [-0.1, -0.05) is 48.6 Å². The summed E-state index contributed by atoms with van der Waals surface area (Å²) in [5.74, 6) is 1.46. The summed E-state index contributed by atoms with van der Waals surface area (Å²) in [7, 11) is 0. The van der Waals surface area contributed by atoms with E-state index in [1.54, 1.807) is 6.07 Å². The normalized spacial score (nSPS) is 38.2. The van der Waals surface area contributed by atoms with E-state index in [9.17, 15) is 15.0 Å². The van der Waals surface area contributed by atoms with Gasteiger partial charge in [-0.05, 0) is 68.2 Å². The molecule has 192 valence electrons. The number of aliphatic hydroxyl groups is 1. The molecule has 4 bridgehead atoms. The van der Waals surface area contributed by atoms with Crippen LogP contribution in [0.1, 0.15) is 48.8 Å². The van der Waals surface area contributed by atoms with Crippen LogP contribution in [0.3, 0.4) is 0 Å². The molecule has 2 aliphatic heterocycles. The second kappa shape index (κ2) is 7.39. The van der Waals surface area contributed by atoms with Crippen molar-refractivity contribution in [3.8, 4) is 11.5 Å². The van der Waals surface area contributed by atoms with E-state index in [4.69, 9.17) is 4.74 Å². The topological polar surface area (TPSA) is 82.0 Å². The Morgan fingerprint density at radius 3 is 2.78 bits per heavy atom. The van der Waals surface area contributed by atoms with Crippen molar-refractivity contribution < 1.29 is 19.7 Å². The van der Waals surface area contributed by atoms with Gasteiger partial charge in [-0.15, -0.1) is 0 Å². The number of fused-ring (bicyclic) bond motifs is 1. The molecule has 1 amide bonds. The zero-order chi connectivity index (χ0) is 25.0. The quantitative estimate of drug-likeness (QED) is 0.533. The molecule has 0 aromatic heterocycles. The number of aryl methyl sites for hydroxylation is 1. The summed E-state index contributed by atoms with van der Waals surface area (Å²) in [5, 5.41) is 26.4. The third-order valence-corrected chi connectivity index (χ3v) is 10.6. The number of aromatic hydroxyl groups is 1. The lowest BCUT2D eigenvalue weighted by molar-refractivity contribution is -0.193. The van der Waals surface area contributed by atoms with Gasteiger partial charge in [-0.3, -0.25) is 9.69 Å². The largest absolute Gasteiger partial charge is 0.504 e. The molecule has 2 saturated carbocycles. The molecule has 6 nitrogen and oxygen atoms in total. The molecule has 2 heterocycles. The number of hydrogen-bond donors (Lipinski definition) is 3. The van der Waals surface area contributed by atoms with Gasteiger partial charge < -0.3 is 20.3 Å². The molecule has 6 heteroatoms. The number of piperidine rings is 1. The van der Waals surface area contributed by atoms with Crippen LogP contribution in [0, 0.1) is 11.3 Å². The Bertz CT molecular complexity index is 1320. The Labute approximate surface area is 217 Å². The van der Waals surface area contributed by atoms with Crippen molar-refractivity contribution in [2.75, 3.05) is 13.1 Å². The third-order valence-electron chi connectivity index (χ3n) is 10.6. The zero-order valence-electron chi connectivity index (χ0n) is 21.0. The number of phenols is 1. The van der Waals surface area contributed by atoms with Gasteiger partial charge in [0, 0.05) is 30.0 Å². The standard InChI is InChI=1S/C31H34N2O4/c34-22-10-9-21-16-24-29-12-13-31(36,23(17-29)32-25(35)11-8-19-4-2-1-3-5-19)28-30(29,26(21)27(22)37-28)14-15-33(24)18-20-6-7-20/h1-5,9-10,12-13,20,23-24,28,34,36H,6-8,11,14-18H2,(H,32,35)/t23-,24+,28+,29+,30-,31-/m0/s1. The van der Waals surface area contributed by atoms with Crippen LogP contribution in [0.4, 0.5) is 0 Å². The van der Waals surface area contributed by atoms with E-state index in [-0.39, 0.29) is 22.5 Å². The molecule has 7 aliphatic rings. The van der Waals surface area contributed by atoms with E-state index in [1.807, 2.05) is 36.4 Å². The fourth-order valence-electron chi connectivity index (χ4n) is 8.82. The van der Waals surface area contributed by atoms with Crippen molar-refractivity contribution in [3.63, 3.8) is 0 Å². The van der Waals surface area contributed by atoms with Gasteiger partial charge in [-0.2, -0.15) is 0 Å². The first-order valence-electron chi connectivity index (χ1n) is 14.0. The summed E-state index contributed by atoms with van der Waals surface area (Å²) in [4.78, 5) is 15.9. The van der Waals surface area contributed by atoms with Crippen LogP contribution in [0.15, 0.2) is 54.6 Å². The van der Waals surface area contributed by atoms with E-state index in [0.29, 0.717) is 31.1 Å². The molecule has 2 aromatic carbocycles. The maximum Gasteiger partial charge on any atom is 0.220 e. The Balaban J connectivity index is 1.18. The molecule has 37 heavy (non-hydrogen) atoms. The number of likely N-dealkylation sites (tertiary alicyclic amines) is 1. The zero-order valence-corrected chi connectivity index (χ0v) is 21.0. The number of nitrogens with zero attached hydrogens (tertiary/aromatic N) is 1. The minimum Gasteiger partial charge on any atom is -0.504 e. The van der Waals surface area contributed by atoms with E-state index in [0.717, 1.165) is 43.0 Å². The summed E-state index contributed by atoms with van der Waals surface area (Å²) in [6.45, 7) is 2.11. The maximum absolute atomic E-state index is 13.2. The number of ether oxygens (including phenoxy) is 1. The molecule has 6 atom stereocenters. The Morgan fingerprint density at radius 2 is 1.97 bits per heavy atom. The van der Waals surface area contributed by atoms with E-state index >= 15 is 0 Å². The van der Waals surface area contributed by atoms with Gasteiger partial charge in [0.25, 0.3) is 0 Å². The number of hydrogen-bond acceptors (Lipinski definition) is 5. The molecule has 1 saturated heterocycles. The Hall–Kier alpha value is -2.83. The molecular formula is C31H34N2O4. The minimum atomic E-state index is -1.33. The van der Waals surface area contributed by atoms with Crippen LogP contribution >= 0.6 is 0 Å². The van der Waals surface area contributed by atoms with Gasteiger partial charge in [-0.25, -0.2) is 0 Å². The predicted octanol–water partition coefficient (Wildman–Crippen LogP) is 3.24. The number of nitrogens with one attached hydrogen (secondary N) is 1. The fourth-order valence-corrected chi connectivity index (χ4v) is 8.82. The number of phenolic OH excluding ortho intramolecular Hbond substituents is 1. The first kappa shape index (κ1) is 22.2. The highest BCUT2D eigenvalue weighted by molar-refractivity contribution is 5.77.